The van der Waals surface area contributed by atoms with Gasteiger partial charge in [0.05, 0.1) is 5.54 Å². The molecule has 1 heterocycles. The van der Waals surface area contributed by atoms with E-state index in [0.717, 1.165) is 22.4 Å². The number of rotatable bonds is 1. The Morgan fingerprint density at radius 1 is 1.58 bits per heavy atom. The quantitative estimate of drug-likeness (QED) is 0.758. The maximum Gasteiger partial charge on any atom is 0.248 e. The zero-order chi connectivity index (χ0) is 13.6. The van der Waals surface area contributed by atoms with Gasteiger partial charge in [-0.3, -0.25) is 4.79 Å². The third-order valence-corrected chi connectivity index (χ3v) is 4.25. The number of pyridine rings is 1. The third kappa shape index (κ3) is 1.70. The molecule has 0 unspecified atom stereocenters. The van der Waals surface area contributed by atoms with Crippen molar-refractivity contribution in [2.45, 2.75) is 25.3 Å². The number of halogens is 1. The van der Waals surface area contributed by atoms with Crippen LogP contribution in [0.2, 0.25) is 0 Å². The Hall–Kier alpha value is -1.68. The fourth-order valence-corrected chi connectivity index (χ4v) is 3.52. The van der Waals surface area contributed by atoms with E-state index in [-0.39, 0.29) is 11.5 Å². The van der Waals surface area contributed by atoms with Gasteiger partial charge >= 0.3 is 0 Å². The number of aromatic amines is 1. The van der Waals surface area contributed by atoms with Crippen molar-refractivity contribution in [3.05, 3.63) is 57.0 Å². The van der Waals surface area contributed by atoms with Gasteiger partial charge in [-0.25, -0.2) is 4.39 Å². The highest BCUT2D eigenvalue weighted by molar-refractivity contribution is 5.49. The summed E-state index contributed by atoms with van der Waals surface area (Å²) < 4.78 is 13.0. The lowest BCUT2D eigenvalue weighted by atomic mass is 9.63. The first-order chi connectivity index (χ1) is 9.08. The largest absolute Gasteiger partial charge is 0.326 e. The van der Waals surface area contributed by atoms with E-state index in [9.17, 15) is 9.18 Å². The Kier molecular flexibility index (Phi) is 2.71. The Labute approximate surface area is 111 Å². The molecule has 2 bridgehead atoms. The highest BCUT2D eigenvalue weighted by atomic mass is 19.1. The summed E-state index contributed by atoms with van der Waals surface area (Å²) >= 11 is 0. The first-order valence-electron chi connectivity index (χ1n) is 6.52. The maximum atomic E-state index is 13.0. The zero-order valence-corrected chi connectivity index (χ0v) is 10.9. The van der Waals surface area contributed by atoms with Crippen LogP contribution in [-0.4, -0.2) is 11.7 Å². The Morgan fingerprint density at radius 2 is 2.37 bits per heavy atom. The predicted molar refractivity (Wildman–Crippen MR) is 72.6 cm³/mol. The molecule has 0 spiro atoms. The lowest BCUT2D eigenvalue weighted by Gasteiger charge is -2.45. The van der Waals surface area contributed by atoms with Crippen LogP contribution in [0.3, 0.4) is 0 Å². The second-order valence-electron chi connectivity index (χ2n) is 5.38. The molecule has 2 atom stereocenters. The Morgan fingerprint density at radius 3 is 3.05 bits per heavy atom. The molecule has 0 saturated carbocycles. The topological polar surface area (TPSA) is 58.9 Å². The molecule has 2 aliphatic carbocycles. The first-order valence-corrected chi connectivity index (χ1v) is 6.52. The zero-order valence-electron chi connectivity index (χ0n) is 10.9. The molecule has 4 heteroatoms. The van der Waals surface area contributed by atoms with Crippen molar-refractivity contribution in [2.75, 3.05) is 6.67 Å². The summed E-state index contributed by atoms with van der Waals surface area (Å²) in [5.41, 5.74) is 9.50. The van der Waals surface area contributed by atoms with Crippen molar-refractivity contribution < 1.29 is 4.39 Å². The second kappa shape index (κ2) is 4.17. The van der Waals surface area contributed by atoms with E-state index in [1.54, 1.807) is 6.07 Å². The lowest BCUT2D eigenvalue weighted by Crippen LogP contribution is -2.48. The van der Waals surface area contributed by atoms with E-state index in [1.165, 1.54) is 6.07 Å². The molecule has 19 heavy (non-hydrogen) atoms. The van der Waals surface area contributed by atoms with Gasteiger partial charge in [0.25, 0.3) is 0 Å². The second-order valence-corrected chi connectivity index (χ2v) is 5.38. The van der Waals surface area contributed by atoms with Crippen molar-refractivity contribution in [2.24, 2.45) is 11.7 Å². The van der Waals surface area contributed by atoms with E-state index in [1.807, 2.05) is 19.1 Å². The van der Waals surface area contributed by atoms with Gasteiger partial charge < -0.3 is 10.7 Å². The average molecular weight is 260 g/mol. The lowest BCUT2D eigenvalue weighted by molar-refractivity contribution is 0.387. The number of allylic oxidation sites excluding steroid dienone is 2. The minimum absolute atomic E-state index is 0.0973. The molecular formula is C15H17FN2O. The number of fused-ring (bicyclic) bond motifs is 4. The molecule has 0 aliphatic heterocycles. The summed E-state index contributed by atoms with van der Waals surface area (Å²) in [6, 6.07) is 3.28. The highest BCUT2D eigenvalue weighted by Gasteiger charge is 2.44. The number of nitrogens with one attached hydrogen (secondary N) is 1. The fraction of sp³-hybridized carbons (Fsp3) is 0.400. The number of hydrogen-bond acceptors (Lipinski definition) is 2. The molecule has 3 N–H and O–H groups in total. The van der Waals surface area contributed by atoms with Crippen LogP contribution >= 0.6 is 0 Å². The minimum atomic E-state index is -0.673. The minimum Gasteiger partial charge on any atom is -0.326 e. The molecule has 1 aromatic rings. The molecular weight excluding hydrogens is 243 g/mol. The Bertz CT molecular complexity index is 644. The number of hydrogen-bond donors (Lipinski definition) is 2. The van der Waals surface area contributed by atoms with Crippen molar-refractivity contribution >= 4 is 0 Å². The van der Waals surface area contributed by atoms with Gasteiger partial charge in [-0.1, -0.05) is 12.2 Å². The summed E-state index contributed by atoms with van der Waals surface area (Å²) in [5.74, 6) is 0.0973. The molecule has 0 saturated heterocycles. The summed E-state index contributed by atoms with van der Waals surface area (Å²) in [4.78, 5) is 14.3. The van der Waals surface area contributed by atoms with E-state index in [2.05, 4.69) is 4.98 Å². The number of H-pyrrole nitrogens is 1. The average Bonchev–Trinajstić information content (AvgIpc) is 2.37. The van der Waals surface area contributed by atoms with Crippen LogP contribution in [-0.2, 0) is 12.0 Å². The van der Waals surface area contributed by atoms with Crippen molar-refractivity contribution in [1.82, 2.24) is 4.98 Å². The van der Waals surface area contributed by atoms with E-state index in [4.69, 9.17) is 5.73 Å². The number of nitrogens with two attached hydrogens (primary N) is 1. The summed E-state index contributed by atoms with van der Waals surface area (Å²) in [5, 5.41) is 0. The van der Waals surface area contributed by atoms with Crippen LogP contribution in [0.25, 0.3) is 0 Å². The van der Waals surface area contributed by atoms with Crippen LogP contribution in [0.4, 0.5) is 4.39 Å². The smallest absolute Gasteiger partial charge is 0.248 e. The normalized spacial score (nSPS) is 31.0. The van der Waals surface area contributed by atoms with Crippen molar-refractivity contribution in [3.63, 3.8) is 0 Å². The number of alkyl halides is 1. The molecule has 100 valence electrons. The van der Waals surface area contributed by atoms with Gasteiger partial charge in [0.1, 0.15) is 6.67 Å². The first kappa shape index (κ1) is 12.4. The van der Waals surface area contributed by atoms with Gasteiger partial charge in [0.2, 0.25) is 5.56 Å². The van der Waals surface area contributed by atoms with Crippen LogP contribution in [0.1, 0.15) is 24.6 Å². The van der Waals surface area contributed by atoms with Crippen LogP contribution < -0.4 is 11.3 Å². The summed E-state index contributed by atoms with van der Waals surface area (Å²) in [6.07, 6.45) is 5.17. The van der Waals surface area contributed by atoms with Crippen LogP contribution in [0, 0.1) is 5.92 Å². The summed E-state index contributed by atoms with van der Waals surface area (Å²) in [6.45, 7) is 1.51. The molecule has 2 aliphatic rings. The molecule has 1 aromatic heterocycles. The maximum absolute atomic E-state index is 13.0. The van der Waals surface area contributed by atoms with E-state index < -0.39 is 12.2 Å². The van der Waals surface area contributed by atoms with Gasteiger partial charge in [0, 0.05) is 17.7 Å². The SMILES string of the molecule is CC=C1[C@H]2C=C(CF)C[C@]1(N)c1ccc(=O)[nH]c1C2. The highest BCUT2D eigenvalue weighted by Crippen LogP contribution is 2.47. The Balaban J connectivity index is 2.24. The molecule has 0 aromatic carbocycles. The molecule has 3 nitrogen and oxygen atoms in total. The van der Waals surface area contributed by atoms with Crippen molar-refractivity contribution in [1.29, 1.82) is 0 Å². The molecule has 3 rings (SSSR count). The van der Waals surface area contributed by atoms with Gasteiger partial charge in [0.15, 0.2) is 0 Å². The molecule has 0 fully saturated rings. The van der Waals surface area contributed by atoms with E-state index in [0.29, 0.717) is 12.8 Å². The predicted octanol–water partition coefficient (Wildman–Crippen LogP) is 1.95. The van der Waals surface area contributed by atoms with Crippen LogP contribution in [0.5, 0.6) is 0 Å². The molecule has 0 radical (unpaired) electrons. The van der Waals surface area contributed by atoms with Gasteiger partial charge in [-0.15, -0.1) is 0 Å². The monoisotopic (exact) mass is 260 g/mol. The van der Waals surface area contributed by atoms with Gasteiger partial charge in [-0.2, -0.15) is 0 Å². The van der Waals surface area contributed by atoms with Gasteiger partial charge in [-0.05, 0) is 42.5 Å². The fourth-order valence-electron chi connectivity index (χ4n) is 3.52. The van der Waals surface area contributed by atoms with Crippen LogP contribution in [0.15, 0.2) is 40.2 Å². The standard InChI is InChI=1S/C15H17FN2O/c1-2-11-10-5-9(8-16)7-15(11,17)12-3-4-14(19)18-13(12)6-10/h2-5,10H,6-8,17H2,1H3,(H,18,19)/t10-,15+/m0/s1. The summed E-state index contributed by atoms with van der Waals surface area (Å²) in [7, 11) is 0. The molecule has 0 amide bonds. The third-order valence-electron chi connectivity index (χ3n) is 4.25. The van der Waals surface area contributed by atoms with E-state index >= 15 is 0 Å². The van der Waals surface area contributed by atoms with Crippen molar-refractivity contribution in [3.8, 4) is 0 Å². The number of aromatic nitrogens is 1.